The van der Waals surface area contributed by atoms with Crippen LogP contribution in [-0.2, 0) is 17.8 Å². The summed E-state index contributed by atoms with van der Waals surface area (Å²) in [5.41, 5.74) is 3.40. The predicted molar refractivity (Wildman–Crippen MR) is 82.9 cm³/mol. The van der Waals surface area contributed by atoms with E-state index in [0.717, 1.165) is 16.1 Å². The lowest BCUT2D eigenvalue weighted by atomic mass is 10.1. The molecule has 1 amide bonds. The van der Waals surface area contributed by atoms with Crippen LogP contribution in [0.4, 0.5) is 0 Å². The third-order valence-corrected chi connectivity index (χ3v) is 4.28. The Kier molecular flexibility index (Phi) is 3.56. The molecule has 2 N–H and O–H groups in total. The number of carbonyl (C=O) groups excluding carboxylic acids is 1. The normalized spacial score (nSPS) is 10.8. The zero-order valence-corrected chi connectivity index (χ0v) is 12.1. The van der Waals surface area contributed by atoms with E-state index >= 15 is 0 Å². The standard InChI is InChI=1S/C16H16N2OS/c1-11-14(13-6-2-3-7-15(13)18-11)10-17-16(19)9-12-5-4-8-20-12/h2-8,18H,9-10H2,1H3,(H,17,19). The van der Waals surface area contributed by atoms with Crippen LogP contribution < -0.4 is 5.32 Å². The second kappa shape index (κ2) is 5.51. The summed E-state index contributed by atoms with van der Waals surface area (Å²) in [6.45, 7) is 2.61. The fraction of sp³-hybridized carbons (Fsp3) is 0.188. The van der Waals surface area contributed by atoms with Crippen molar-refractivity contribution >= 4 is 28.1 Å². The van der Waals surface area contributed by atoms with Crippen molar-refractivity contribution in [2.45, 2.75) is 19.9 Å². The maximum absolute atomic E-state index is 11.9. The lowest BCUT2D eigenvalue weighted by Gasteiger charge is -2.05. The van der Waals surface area contributed by atoms with Crippen LogP contribution in [0.1, 0.15) is 16.1 Å². The molecular formula is C16H16N2OS. The first-order valence-corrected chi connectivity index (χ1v) is 7.47. The van der Waals surface area contributed by atoms with Crippen molar-refractivity contribution in [2.24, 2.45) is 0 Å². The molecule has 0 spiro atoms. The predicted octanol–water partition coefficient (Wildman–Crippen LogP) is 3.40. The third-order valence-electron chi connectivity index (χ3n) is 3.40. The minimum atomic E-state index is 0.0668. The van der Waals surface area contributed by atoms with E-state index in [4.69, 9.17) is 0 Å². The fourth-order valence-electron chi connectivity index (χ4n) is 2.38. The molecule has 0 unspecified atom stereocenters. The van der Waals surface area contributed by atoms with E-state index in [-0.39, 0.29) is 5.91 Å². The van der Waals surface area contributed by atoms with Crippen LogP contribution in [-0.4, -0.2) is 10.9 Å². The lowest BCUT2D eigenvalue weighted by Crippen LogP contribution is -2.24. The first-order valence-electron chi connectivity index (χ1n) is 6.59. The minimum Gasteiger partial charge on any atom is -0.358 e. The van der Waals surface area contributed by atoms with Gasteiger partial charge in [-0.2, -0.15) is 0 Å². The summed E-state index contributed by atoms with van der Waals surface area (Å²) in [5.74, 6) is 0.0668. The smallest absolute Gasteiger partial charge is 0.225 e. The van der Waals surface area contributed by atoms with E-state index in [1.54, 1.807) is 11.3 Å². The Morgan fingerprint density at radius 3 is 2.90 bits per heavy atom. The van der Waals surface area contributed by atoms with E-state index in [1.807, 2.05) is 36.6 Å². The first kappa shape index (κ1) is 12.9. The van der Waals surface area contributed by atoms with Crippen LogP contribution in [0.2, 0.25) is 0 Å². The molecule has 2 heterocycles. The number of hydrogen-bond acceptors (Lipinski definition) is 2. The average Bonchev–Trinajstić information content (AvgIpc) is 3.03. The summed E-state index contributed by atoms with van der Waals surface area (Å²) < 4.78 is 0. The summed E-state index contributed by atoms with van der Waals surface area (Å²) in [7, 11) is 0. The molecule has 0 fully saturated rings. The number of rotatable bonds is 4. The molecule has 0 aliphatic carbocycles. The molecule has 4 heteroatoms. The number of para-hydroxylation sites is 1. The number of aromatic nitrogens is 1. The molecule has 1 aromatic carbocycles. The van der Waals surface area contributed by atoms with Gasteiger partial charge >= 0.3 is 0 Å². The molecule has 0 atom stereocenters. The molecule has 0 bridgehead atoms. The largest absolute Gasteiger partial charge is 0.358 e. The highest BCUT2D eigenvalue weighted by Gasteiger charge is 2.09. The summed E-state index contributed by atoms with van der Waals surface area (Å²) in [5, 5.41) is 6.18. The second-order valence-corrected chi connectivity index (χ2v) is 5.84. The van der Waals surface area contributed by atoms with Gasteiger partial charge in [0, 0.05) is 28.0 Å². The summed E-state index contributed by atoms with van der Waals surface area (Å²) in [6.07, 6.45) is 0.457. The second-order valence-electron chi connectivity index (χ2n) is 4.81. The Morgan fingerprint density at radius 2 is 2.10 bits per heavy atom. The number of hydrogen-bond donors (Lipinski definition) is 2. The molecule has 0 saturated heterocycles. The van der Waals surface area contributed by atoms with E-state index in [9.17, 15) is 4.79 Å². The monoisotopic (exact) mass is 284 g/mol. The van der Waals surface area contributed by atoms with Crippen molar-refractivity contribution in [2.75, 3.05) is 0 Å². The number of aryl methyl sites for hydroxylation is 1. The Hall–Kier alpha value is -2.07. The van der Waals surface area contributed by atoms with Gasteiger partial charge in [-0.1, -0.05) is 24.3 Å². The molecule has 3 nitrogen and oxygen atoms in total. The highest BCUT2D eigenvalue weighted by atomic mass is 32.1. The number of thiophene rings is 1. The van der Waals surface area contributed by atoms with Crippen LogP contribution in [0.15, 0.2) is 41.8 Å². The Balaban J connectivity index is 1.70. The number of benzene rings is 1. The molecule has 0 saturated carbocycles. The van der Waals surface area contributed by atoms with Crippen LogP contribution in [0.3, 0.4) is 0 Å². The first-order chi connectivity index (χ1) is 9.74. The van der Waals surface area contributed by atoms with Gasteiger partial charge in [-0.05, 0) is 30.0 Å². The SMILES string of the molecule is Cc1[nH]c2ccccc2c1CNC(=O)Cc1cccs1. The third kappa shape index (κ3) is 2.60. The van der Waals surface area contributed by atoms with Gasteiger partial charge in [-0.3, -0.25) is 4.79 Å². The van der Waals surface area contributed by atoms with E-state index in [2.05, 4.69) is 22.4 Å². The van der Waals surface area contributed by atoms with Crippen molar-refractivity contribution in [3.05, 3.63) is 57.9 Å². The van der Waals surface area contributed by atoms with Crippen LogP contribution in [0.5, 0.6) is 0 Å². The lowest BCUT2D eigenvalue weighted by molar-refractivity contribution is -0.120. The van der Waals surface area contributed by atoms with Crippen molar-refractivity contribution in [3.8, 4) is 0 Å². The van der Waals surface area contributed by atoms with Gasteiger partial charge in [-0.25, -0.2) is 0 Å². The van der Waals surface area contributed by atoms with Gasteiger partial charge in [0.05, 0.1) is 6.42 Å². The van der Waals surface area contributed by atoms with E-state index < -0.39 is 0 Å². The summed E-state index contributed by atoms with van der Waals surface area (Å²) in [6, 6.07) is 12.1. The van der Waals surface area contributed by atoms with E-state index in [0.29, 0.717) is 13.0 Å². The number of nitrogens with one attached hydrogen (secondary N) is 2. The van der Waals surface area contributed by atoms with Crippen LogP contribution >= 0.6 is 11.3 Å². The highest BCUT2D eigenvalue weighted by Crippen LogP contribution is 2.21. The summed E-state index contributed by atoms with van der Waals surface area (Å²) in [4.78, 5) is 16.4. The van der Waals surface area contributed by atoms with Crippen LogP contribution in [0, 0.1) is 6.92 Å². The molecule has 20 heavy (non-hydrogen) atoms. The molecule has 3 rings (SSSR count). The molecule has 2 aromatic heterocycles. The molecule has 0 radical (unpaired) electrons. The number of H-pyrrole nitrogens is 1. The van der Waals surface area contributed by atoms with Gasteiger partial charge < -0.3 is 10.3 Å². The van der Waals surface area contributed by atoms with Crippen molar-refractivity contribution in [1.29, 1.82) is 0 Å². The van der Waals surface area contributed by atoms with Gasteiger partial charge in [0.1, 0.15) is 0 Å². The number of aromatic amines is 1. The molecule has 3 aromatic rings. The maximum Gasteiger partial charge on any atom is 0.225 e. The minimum absolute atomic E-state index is 0.0668. The van der Waals surface area contributed by atoms with Crippen molar-refractivity contribution in [3.63, 3.8) is 0 Å². The average molecular weight is 284 g/mol. The quantitative estimate of drug-likeness (QED) is 0.758. The maximum atomic E-state index is 11.9. The zero-order chi connectivity index (χ0) is 13.9. The fourth-order valence-corrected chi connectivity index (χ4v) is 3.09. The molecule has 102 valence electrons. The summed E-state index contributed by atoms with van der Waals surface area (Å²) >= 11 is 1.61. The van der Waals surface area contributed by atoms with Gasteiger partial charge in [-0.15, -0.1) is 11.3 Å². The van der Waals surface area contributed by atoms with Crippen LogP contribution in [0.25, 0.3) is 10.9 Å². The molecule has 0 aliphatic rings. The highest BCUT2D eigenvalue weighted by molar-refractivity contribution is 7.10. The van der Waals surface area contributed by atoms with Gasteiger partial charge in [0.25, 0.3) is 0 Å². The molecule has 0 aliphatic heterocycles. The Bertz CT molecular complexity index is 728. The number of fused-ring (bicyclic) bond motifs is 1. The van der Waals surface area contributed by atoms with Crippen molar-refractivity contribution in [1.82, 2.24) is 10.3 Å². The van der Waals surface area contributed by atoms with Gasteiger partial charge in [0.15, 0.2) is 0 Å². The number of carbonyl (C=O) groups is 1. The zero-order valence-electron chi connectivity index (χ0n) is 11.3. The number of amides is 1. The topological polar surface area (TPSA) is 44.9 Å². The van der Waals surface area contributed by atoms with Gasteiger partial charge in [0.2, 0.25) is 5.91 Å². The Labute approximate surface area is 121 Å². The van der Waals surface area contributed by atoms with Crippen molar-refractivity contribution < 1.29 is 4.79 Å². The van der Waals surface area contributed by atoms with E-state index in [1.165, 1.54) is 10.9 Å². The Morgan fingerprint density at radius 1 is 1.25 bits per heavy atom. The molecular weight excluding hydrogens is 268 g/mol.